The van der Waals surface area contributed by atoms with Gasteiger partial charge in [-0.2, -0.15) is 0 Å². The van der Waals surface area contributed by atoms with Crippen LogP contribution in [0.15, 0.2) is 48.5 Å². The Bertz CT molecular complexity index is 930. The topological polar surface area (TPSA) is 69.7 Å². The van der Waals surface area contributed by atoms with Gasteiger partial charge in [0.25, 0.3) is 5.24 Å². The summed E-state index contributed by atoms with van der Waals surface area (Å²) >= 11 is 1.01. The van der Waals surface area contributed by atoms with Crippen LogP contribution < -0.4 is 5.32 Å². The van der Waals surface area contributed by atoms with E-state index in [9.17, 15) is 18.8 Å². The zero-order valence-corrected chi connectivity index (χ0v) is 16.5. The number of anilines is 1. The van der Waals surface area contributed by atoms with Crippen LogP contribution in [0.5, 0.6) is 0 Å². The molecule has 150 valence electrons. The van der Waals surface area contributed by atoms with Crippen molar-refractivity contribution >= 4 is 34.6 Å². The van der Waals surface area contributed by atoms with E-state index in [0.717, 1.165) is 35.7 Å². The lowest BCUT2D eigenvalue weighted by atomic mass is 10.2. The summed E-state index contributed by atoms with van der Waals surface area (Å²) in [6.07, 6.45) is 1.88. The number of rotatable bonds is 6. The van der Waals surface area contributed by atoms with Crippen molar-refractivity contribution in [2.24, 2.45) is 0 Å². The van der Waals surface area contributed by atoms with Gasteiger partial charge >= 0.3 is 6.03 Å². The van der Waals surface area contributed by atoms with Gasteiger partial charge in [0.05, 0.1) is 12.3 Å². The molecule has 1 saturated carbocycles. The fourth-order valence-corrected chi connectivity index (χ4v) is 3.92. The Labute approximate surface area is 172 Å². The Hall–Kier alpha value is -2.87. The summed E-state index contributed by atoms with van der Waals surface area (Å²) in [5.74, 6) is -0.313. The maximum Gasteiger partial charge on any atom is 0.322 e. The van der Waals surface area contributed by atoms with Crippen LogP contribution in [0.4, 0.5) is 19.7 Å². The predicted molar refractivity (Wildman–Crippen MR) is 109 cm³/mol. The number of imide groups is 1. The summed E-state index contributed by atoms with van der Waals surface area (Å²) in [4.78, 5) is 39.1. The lowest BCUT2D eigenvalue weighted by Crippen LogP contribution is -2.36. The third-order valence-electron chi connectivity index (χ3n) is 4.88. The highest BCUT2D eigenvalue weighted by atomic mass is 32.2. The molecule has 1 aliphatic heterocycles. The molecule has 6 nitrogen and oxygen atoms in total. The van der Waals surface area contributed by atoms with Crippen molar-refractivity contribution in [1.29, 1.82) is 0 Å². The average molecular weight is 413 g/mol. The second kappa shape index (κ2) is 8.24. The normalized spacial score (nSPS) is 16.2. The third kappa shape index (κ3) is 4.76. The zero-order chi connectivity index (χ0) is 20.4. The standard InChI is InChI=1S/C21H20FN3O3S/c22-16-3-1-2-15(10-16)12-24(18-8-9-18)20(27)23-17-6-4-14(5-7-17)11-25-19(26)13-29-21(25)28/h1-7,10,18H,8-9,11-13H2,(H,23,27). The van der Waals surface area contributed by atoms with Crippen LogP contribution in [0.25, 0.3) is 0 Å². The number of carbonyl (C=O) groups excluding carboxylic acids is 3. The number of carbonyl (C=O) groups is 3. The number of nitrogens with one attached hydrogen (secondary N) is 1. The molecule has 0 bridgehead atoms. The van der Waals surface area contributed by atoms with Crippen LogP contribution in [0.1, 0.15) is 24.0 Å². The van der Waals surface area contributed by atoms with Crippen LogP contribution in [-0.4, -0.2) is 38.8 Å². The Morgan fingerprint density at radius 3 is 2.52 bits per heavy atom. The van der Waals surface area contributed by atoms with E-state index in [0.29, 0.717) is 12.2 Å². The summed E-state index contributed by atoms with van der Waals surface area (Å²) in [5, 5.41) is 2.65. The van der Waals surface area contributed by atoms with Crippen molar-refractivity contribution in [3.63, 3.8) is 0 Å². The van der Waals surface area contributed by atoms with E-state index in [2.05, 4.69) is 5.32 Å². The molecule has 1 aliphatic carbocycles. The van der Waals surface area contributed by atoms with Gasteiger partial charge in [-0.15, -0.1) is 0 Å². The first-order valence-electron chi connectivity index (χ1n) is 9.38. The van der Waals surface area contributed by atoms with E-state index in [1.165, 1.54) is 17.0 Å². The average Bonchev–Trinajstić information content (AvgIpc) is 3.49. The molecule has 4 rings (SSSR count). The molecule has 2 aromatic carbocycles. The molecule has 2 aromatic rings. The van der Waals surface area contributed by atoms with E-state index >= 15 is 0 Å². The summed E-state index contributed by atoms with van der Waals surface area (Å²) < 4.78 is 13.4. The van der Waals surface area contributed by atoms with Crippen molar-refractivity contribution in [2.75, 3.05) is 11.1 Å². The van der Waals surface area contributed by atoms with Crippen molar-refractivity contribution in [1.82, 2.24) is 9.80 Å². The molecule has 4 amide bonds. The third-order valence-corrected chi connectivity index (χ3v) is 5.74. The molecule has 0 unspecified atom stereocenters. The van der Waals surface area contributed by atoms with Crippen LogP contribution in [-0.2, 0) is 17.9 Å². The van der Waals surface area contributed by atoms with Crippen LogP contribution in [0.3, 0.4) is 0 Å². The maximum absolute atomic E-state index is 13.4. The molecule has 0 spiro atoms. The second-order valence-electron chi connectivity index (χ2n) is 7.15. The first kappa shape index (κ1) is 19.4. The molecular weight excluding hydrogens is 393 g/mol. The minimum absolute atomic E-state index is 0.169. The quantitative estimate of drug-likeness (QED) is 0.770. The first-order valence-corrected chi connectivity index (χ1v) is 10.4. The molecule has 0 aromatic heterocycles. The number of benzene rings is 2. The largest absolute Gasteiger partial charge is 0.322 e. The van der Waals surface area contributed by atoms with Crippen LogP contribution in [0, 0.1) is 5.82 Å². The van der Waals surface area contributed by atoms with Gasteiger partial charge < -0.3 is 10.2 Å². The molecular formula is C21H20FN3O3S. The van der Waals surface area contributed by atoms with E-state index in [1.807, 2.05) is 0 Å². The van der Waals surface area contributed by atoms with Gasteiger partial charge in [0.1, 0.15) is 5.82 Å². The van der Waals surface area contributed by atoms with Crippen LogP contribution in [0.2, 0.25) is 0 Å². The van der Waals surface area contributed by atoms with Gasteiger partial charge in [-0.3, -0.25) is 14.5 Å². The number of amides is 4. The van der Waals surface area contributed by atoms with E-state index in [1.54, 1.807) is 41.3 Å². The molecule has 1 heterocycles. The summed E-state index contributed by atoms with van der Waals surface area (Å²) in [5.41, 5.74) is 2.18. The van der Waals surface area contributed by atoms with Crippen molar-refractivity contribution in [2.45, 2.75) is 32.0 Å². The number of halogens is 1. The molecule has 2 aliphatic rings. The van der Waals surface area contributed by atoms with Gasteiger partial charge in [-0.1, -0.05) is 36.0 Å². The van der Waals surface area contributed by atoms with Crippen LogP contribution >= 0.6 is 11.8 Å². The Morgan fingerprint density at radius 1 is 1.14 bits per heavy atom. The highest BCUT2D eigenvalue weighted by Crippen LogP contribution is 2.29. The minimum atomic E-state index is -0.317. The van der Waals surface area contributed by atoms with E-state index in [-0.39, 0.29) is 41.3 Å². The zero-order valence-electron chi connectivity index (χ0n) is 15.6. The fourth-order valence-electron chi connectivity index (χ4n) is 3.19. The number of hydrogen-bond donors (Lipinski definition) is 1. The predicted octanol–water partition coefficient (Wildman–Crippen LogP) is 4.22. The number of hydrogen-bond acceptors (Lipinski definition) is 4. The summed E-state index contributed by atoms with van der Waals surface area (Å²) in [6.45, 7) is 0.579. The SMILES string of the molecule is O=C1CSC(=O)N1Cc1ccc(NC(=O)N(Cc2cccc(F)c2)C2CC2)cc1. The number of urea groups is 1. The van der Waals surface area contributed by atoms with Gasteiger partial charge in [0, 0.05) is 18.3 Å². The minimum Gasteiger partial charge on any atom is -0.317 e. The lowest BCUT2D eigenvalue weighted by Gasteiger charge is -2.23. The monoisotopic (exact) mass is 413 g/mol. The van der Waals surface area contributed by atoms with Gasteiger partial charge in [0.15, 0.2) is 0 Å². The fraction of sp³-hybridized carbons (Fsp3) is 0.286. The van der Waals surface area contributed by atoms with Gasteiger partial charge in [-0.25, -0.2) is 9.18 Å². The number of nitrogens with zero attached hydrogens (tertiary/aromatic N) is 2. The van der Waals surface area contributed by atoms with E-state index in [4.69, 9.17) is 0 Å². The van der Waals surface area contributed by atoms with Gasteiger partial charge in [0.2, 0.25) is 5.91 Å². The summed E-state index contributed by atoms with van der Waals surface area (Å²) in [6, 6.07) is 13.3. The van der Waals surface area contributed by atoms with Gasteiger partial charge in [-0.05, 0) is 48.2 Å². The van der Waals surface area contributed by atoms with E-state index < -0.39 is 0 Å². The highest BCUT2D eigenvalue weighted by Gasteiger charge is 2.33. The van der Waals surface area contributed by atoms with Crippen molar-refractivity contribution < 1.29 is 18.8 Å². The molecule has 0 atom stereocenters. The molecule has 1 N–H and O–H groups in total. The Balaban J connectivity index is 1.39. The molecule has 0 radical (unpaired) electrons. The Kier molecular flexibility index (Phi) is 5.53. The lowest BCUT2D eigenvalue weighted by molar-refractivity contribution is -0.125. The molecule has 2 fully saturated rings. The maximum atomic E-state index is 13.4. The van der Waals surface area contributed by atoms with Crippen molar-refractivity contribution in [3.8, 4) is 0 Å². The molecule has 1 saturated heterocycles. The second-order valence-corrected chi connectivity index (χ2v) is 8.08. The summed E-state index contributed by atoms with van der Waals surface area (Å²) in [7, 11) is 0. The van der Waals surface area contributed by atoms with Crippen molar-refractivity contribution in [3.05, 3.63) is 65.5 Å². The molecule has 29 heavy (non-hydrogen) atoms. The smallest absolute Gasteiger partial charge is 0.317 e. The molecule has 8 heteroatoms. The highest BCUT2D eigenvalue weighted by molar-refractivity contribution is 8.14. The number of thioether (sulfide) groups is 1. The first-order chi connectivity index (χ1) is 14.0. The Morgan fingerprint density at radius 2 is 1.90 bits per heavy atom.